The average molecular weight is 487 g/mol. The molecule has 0 aromatic heterocycles. The van der Waals surface area contributed by atoms with Crippen molar-refractivity contribution in [2.45, 2.75) is 38.2 Å². The van der Waals surface area contributed by atoms with E-state index in [4.69, 9.17) is 4.84 Å². The number of carbonyl (C=O) groups is 2. The lowest BCUT2D eigenvalue weighted by molar-refractivity contribution is -0.144. The highest BCUT2D eigenvalue weighted by Gasteiger charge is 2.48. The standard InChI is InChI=1S/C27H30BN3O5/c1-18(2)24(28(34)35)30-26(33)27(15-19-9-4-3-5-10-19)16-21(31-36-27)17-29-25(32)23-14-8-12-20-11-6-7-13-22(20)23/h3-14,18,24,34-35H,15-17H2,1-2H3,(H,29,32)(H,30,33)/t24-,27?/m0/s1. The van der Waals surface area contributed by atoms with Crippen LogP contribution in [0, 0.1) is 5.92 Å². The summed E-state index contributed by atoms with van der Waals surface area (Å²) in [6, 6.07) is 22.6. The highest BCUT2D eigenvalue weighted by Crippen LogP contribution is 2.29. The predicted molar refractivity (Wildman–Crippen MR) is 139 cm³/mol. The predicted octanol–water partition coefficient (Wildman–Crippen LogP) is 2.48. The van der Waals surface area contributed by atoms with E-state index in [1.165, 1.54) is 0 Å². The highest BCUT2D eigenvalue weighted by molar-refractivity contribution is 6.43. The van der Waals surface area contributed by atoms with Gasteiger partial charge in [0.25, 0.3) is 11.8 Å². The smallest absolute Gasteiger partial charge is 0.426 e. The summed E-state index contributed by atoms with van der Waals surface area (Å²) in [7, 11) is -1.72. The number of oxime groups is 1. The van der Waals surface area contributed by atoms with Crippen LogP contribution in [0.3, 0.4) is 0 Å². The van der Waals surface area contributed by atoms with Gasteiger partial charge in [0.1, 0.15) is 0 Å². The van der Waals surface area contributed by atoms with Crippen LogP contribution in [0.5, 0.6) is 0 Å². The van der Waals surface area contributed by atoms with Gasteiger partial charge in [-0.05, 0) is 28.3 Å². The van der Waals surface area contributed by atoms with E-state index < -0.39 is 24.6 Å². The number of carbonyl (C=O) groups excluding carboxylic acids is 2. The molecule has 0 bridgehead atoms. The van der Waals surface area contributed by atoms with Gasteiger partial charge in [-0.2, -0.15) is 0 Å². The van der Waals surface area contributed by atoms with Gasteiger partial charge in [0, 0.05) is 18.4 Å². The normalized spacial score (nSPS) is 17.9. The van der Waals surface area contributed by atoms with Crippen molar-refractivity contribution >= 4 is 35.4 Å². The van der Waals surface area contributed by atoms with Crippen LogP contribution in [0.15, 0.2) is 78.0 Å². The molecule has 3 aromatic carbocycles. The zero-order chi connectivity index (χ0) is 25.7. The molecule has 0 fully saturated rings. The first-order valence-electron chi connectivity index (χ1n) is 12.0. The molecule has 0 aliphatic carbocycles. The van der Waals surface area contributed by atoms with Gasteiger partial charge in [-0.15, -0.1) is 0 Å². The van der Waals surface area contributed by atoms with Crippen molar-refractivity contribution in [3.8, 4) is 0 Å². The van der Waals surface area contributed by atoms with Crippen LogP contribution in [-0.4, -0.2) is 52.8 Å². The number of benzene rings is 3. The van der Waals surface area contributed by atoms with E-state index in [1.54, 1.807) is 19.9 Å². The SMILES string of the molecule is CC(C)[C@H](NC(=O)C1(Cc2ccccc2)CC(CNC(=O)c2cccc3ccccc23)=NO1)B(O)O. The van der Waals surface area contributed by atoms with Crippen LogP contribution in [0.2, 0.25) is 0 Å². The van der Waals surface area contributed by atoms with E-state index in [2.05, 4.69) is 15.8 Å². The lowest BCUT2D eigenvalue weighted by Gasteiger charge is -2.29. The number of amides is 2. The second-order valence-corrected chi connectivity index (χ2v) is 9.45. The number of rotatable bonds is 9. The third-order valence-electron chi connectivity index (χ3n) is 6.41. The number of fused-ring (bicyclic) bond motifs is 1. The van der Waals surface area contributed by atoms with Crippen molar-refractivity contribution in [2.75, 3.05) is 6.54 Å². The Morgan fingerprint density at radius 3 is 2.44 bits per heavy atom. The summed E-state index contributed by atoms with van der Waals surface area (Å²) in [6.45, 7) is 3.69. The van der Waals surface area contributed by atoms with Gasteiger partial charge in [0.2, 0.25) is 5.60 Å². The molecule has 186 valence electrons. The van der Waals surface area contributed by atoms with E-state index in [0.29, 0.717) is 11.3 Å². The monoisotopic (exact) mass is 487 g/mol. The van der Waals surface area contributed by atoms with E-state index in [9.17, 15) is 19.6 Å². The minimum atomic E-state index is -1.72. The Morgan fingerprint density at radius 2 is 1.72 bits per heavy atom. The van der Waals surface area contributed by atoms with Crippen LogP contribution in [-0.2, 0) is 16.1 Å². The Bertz CT molecular complexity index is 1250. The number of nitrogens with one attached hydrogen (secondary N) is 2. The second kappa shape index (κ2) is 10.9. The number of nitrogens with zero attached hydrogens (tertiary/aromatic N) is 1. The van der Waals surface area contributed by atoms with Crippen molar-refractivity contribution in [3.63, 3.8) is 0 Å². The second-order valence-electron chi connectivity index (χ2n) is 9.45. The fourth-order valence-electron chi connectivity index (χ4n) is 4.43. The number of hydrogen-bond acceptors (Lipinski definition) is 6. The molecule has 1 aliphatic rings. The van der Waals surface area contributed by atoms with Gasteiger partial charge >= 0.3 is 7.12 Å². The summed E-state index contributed by atoms with van der Waals surface area (Å²) >= 11 is 0. The lowest BCUT2D eigenvalue weighted by atomic mass is 9.72. The Kier molecular flexibility index (Phi) is 7.71. The molecule has 2 atom stereocenters. The van der Waals surface area contributed by atoms with Crippen molar-refractivity contribution in [3.05, 3.63) is 83.9 Å². The largest absolute Gasteiger partial charge is 0.475 e. The highest BCUT2D eigenvalue weighted by atomic mass is 16.7. The summed E-state index contributed by atoms with van der Waals surface area (Å²) in [4.78, 5) is 32.1. The molecular formula is C27H30BN3O5. The van der Waals surface area contributed by atoms with Crippen molar-refractivity contribution in [1.82, 2.24) is 10.6 Å². The Balaban J connectivity index is 1.49. The van der Waals surface area contributed by atoms with Crippen LogP contribution >= 0.6 is 0 Å². The maximum atomic E-state index is 13.4. The molecule has 1 heterocycles. The molecule has 3 aromatic rings. The maximum Gasteiger partial charge on any atom is 0.475 e. The molecule has 1 aliphatic heterocycles. The summed E-state index contributed by atoms with van der Waals surface area (Å²) in [5, 5.41) is 31.1. The van der Waals surface area contributed by atoms with Crippen molar-refractivity contribution in [1.29, 1.82) is 0 Å². The molecule has 36 heavy (non-hydrogen) atoms. The summed E-state index contributed by atoms with van der Waals surface area (Å²) in [6.07, 6.45) is 0.381. The molecule has 0 saturated carbocycles. The van der Waals surface area contributed by atoms with Crippen LogP contribution in [0.25, 0.3) is 10.8 Å². The van der Waals surface area contributed by atoms with Crippen molar-refractivity contribution < 1.29 is 24.5 Å². The zero-order valence-electron chi connectivity index (χ0n) is 20.3. The molecule has 8 nitrogen and oxygen atoms in total. The van der Waals surface area contributed by atoms with Gasteiger partial charge in [-0.1, -0.05) is 85.7 Å². The minimum Gasteiger partial charge on any atom is -0.426 e. The molecule has 9 heteroatoms. The summed E-state index contributed by atoms with van der Waals surface area (Å²) < 4.78 is 0. The van der Waals surface area contributed by atoms with Gasteiger partial charge in [-0.25, -0.2) is 0 Å². The third-order valence-corrected chi connectivity index (χ3v) is 6.41. The van der Waals surface area contributed by atoms with Crippen LogP contribution in [0.4, 0.5) is 0 Å². The number of hydrogen-bond donors (Lipinski definition) is 4. The fraction of sp³-hybridized carbons (Fsp3) is 0.296. The van der Waals surface area contributed by atoms with E-state index in [1.807, 2.05) is 66.7 Å². The summed E-state index contributed by atoms with van der Waals surface area (Å²) in [5.41, 5.74) is 0.565. The van der Waals surface area contributed by atoms with Crippen LogP contribution < -0.4 is 10.6 Å². The maximum absolute atomic E-state index is 13.4. The molecule has 0 spiro atoms. The van der Waals surface area contributed by atoms with Gasteiger partial charge in [-0.3, -0.25) is 9.59 Å². The Morgan fingerprint density at radius 1 is 1.03 bits per heavy atom. The Hall–Kier alpha value is -3.69. The van der Waals surface area contributed by atoms with E-state index >= 15 is 0 Å². The first kappa shape index (κ1) is 25.4. The van der Waals surface area contributed by atoms with Crippen molar-refractivity contribution in [2.24, 2.45) is 11.1 Å². The van der Waals surface area contributed by atoms with E-state index in [-0.39, 0.29) is 31.2 Å². The van der Waals surface area contributed by atoms with Gasteiger partial charge in [0.15, 0.2) is 0 Å². The molecular weight excluding hydrogens is 457 g/mol. The topological polar surface area (TPSA) is 120 Å². The molecule has 4 N–H and O–H groups in total. The fourth-order valence-corrected chi connectivity index (χ4v) is 4.43. The molecule has 1 unspecified atom stereocenters. The molecule has 0 saturated heterocycles. The summed E-state index contributed by atoms with van der Waals surface area (Å²) in [5.74, 6) is -1.83. The zero-order valence-corrected chi connectivity index (χ0v) is 20.3. The first-order chi connectivity index (χ1) is 17.3. The molecule has 0 radical (unpaired) electrons. The van der Waals surface area contributed by atoms with Gasteiger partial charge in [0.05, 0.1) is 18.2 Å². The minimum absolute atomic E-state index is 0.113. The third kappa shape index (κ3) is 5.58. The molecule has 2 amide bonds. The molecule has 4 rings (SSSR count). The van der Waals surface area contributed by atoms with Crippen LogP contribution in [0.1, 0.15) is 36.2 Å². The lowest BCUT2D eigenvalue weighted by Crippen LogP contribution is -2.57. The first-order valence-corrected chi connectivity index (χ1v) is 12.0. The van der Waals surface area contributed by atoms with Gasteiger partial charge < -0.3 is 25.5 Å². The quantitative estimate of drug-likeness (QED) is 0.346. The average Bonchev–Trinajstić information content (AvgIpc) is 3.29. The Labute approximate surface area is 210 Å². The van der Waals surface area contributed by atoms with E-state index in [0.717, 1.165) is 16.3 Å².